The van der Waals surface area contributed by atoms with Crippen LogP contribution in [-0.2, 0) is 11.3 Å². The molecule has 1 amide bonds. The molecule has 3 N–H and O–H groups in total. The Morgan fingerprint density at radius 3 is 2.52 bits per heavy atom. The lowest BCUT2D eigenvalue weighted by Crippen LogP contribution is -2.20. The molecule has 1 heterocycles. The zero-order valence-electron chi connectivity index (χ0n) is 11.3. The van der Waals surface area contributed by atoms with Crippen LogP contribution in [-0.4, -0.2) is 38.6 Å². The average molecular weight is 290 g/mol. The molecular formula is C13H14N4O4. The highest BCUT2D eigenvalue weighted by atomic mass is 16.5. The first-order valence-electron chi connectivity index (χ1n) is 6.21. The second-order valence-corrected chi connectivity index (χ2v) is 4.17. The van der Waals surface area contributed by atoms with Gasteiger partial charge in [0, 0.05) is 5.56 Å². The minimum Gasteiger partial charge on any atom is -0.494 e. The van der Waals surface area contributed by atoms with Crippen molar-refractivity contribution in [2.75, 3.05) is 6.61 Å². The molecule has 0 aliphatic carbocycles. The van der Waals surface area contributed by atoms with Gasteiger partial charge in [0.15, 0.2) is 5.69 Å². The fraction of sp³-hybridized carbons (Fsp3) is 0.231. The highest BCUT2D eigenvalue weighted by Crippen LogP contribution is 2.24. The number of carboxylic acids is 1. The van der Waals surface area contributed by atoms with Crippen LogP contribution in [0, 0.1) is 0 Å². The molecule has 110 valence electrons. The minimum absolute atomic E-state index is 0.226. The number of nitrogens with zero attached hydrogens (tertiary/aromatic N) is 3. The summed E-state index contributed by atoms with van der Waals surface area (Å²) in [5.74, 6) is -1.20. The van der Waals surface area contributed by atoms with Crippen LogP contribution in [0.2, 0.25) is 0 Å². The lowest BCUT2D eigenvalue weighted by Gasteiger charge is -2.07. The molecule has 8 heteroatoms. The number of amides is 1. The van der Waals surface area contributed by atoms with Gasteiger partial charge >= 0.3 is 5.97 Å². The smallest absolute Gasteiger partial charge is 0.358 e. The highest BCUT2D eigenvalue weighted by Gasteiger charge is 2.21. The van der Waals surface area contributed by atoms with Crippen LogP contribution in [0.1, 0.15) is 17.4 Å². The Morgan fingerprint density at radius 1 is 1.33 bits per heavy atom. The Labute approximate surface area is 120 Å². The van der Waals surface area contributed by atoms with Gasteiger partial charge in [-0.25, -0.2) is 9.48 Å². The van der Waals surface area contributed by atoms with Crippen LogP contribution >= 0.6 is 0 Å². The van der Waals surface area contributed by atoms with Crippen molar-refractivity contribution in [3.8, 4) is 17.0 Å². The van der Waals surface area contributed by atoms with E-state index < -0.39 is 11.9 Å². The molecule has 0 aliphatic heterocycles. The van der Waals surface area contributed by atoms with Crippen molar-refractivity contribution in [3.63, 3.8) is 0 Å². The maximum Gasteiger partial charge on any atom is 0.358 e. The van der Waals surface area contributed by atoms with E-state index >= 15 is 0 Å². The zero-order valence-corrected chi connectivity index (χ0v) is 11.3. The number of aromatic nitrogens is 3. The topological polar surface area (TPSA) is 120 Å². The molecule has 2 rings (SSSR count). The van der Waals surface area contributed by atoms with Crippen molar-refractivity contribution in [1.29, 1.82) is 0 Å². The highest BCUT2D eigenvalue weighted by molar-refractivity contribution is 5.93. The largest absolute Gasteiger partial charge is 0.494 e. The Hall–Kier alpha value is -2.90. The normalized spacial score (nSPS) is 10.3. The van der Waals surface area contributed by atoms with Gasteiger partial charge in [0.25, 0.3) is 0 Å². The third kappa shape index (κ3) is 3.16. The Kier molecular flexibility index (Phi) is 4.17. The van der Waals surface area contributed by atoms with E-state index in [0.29, 0.717) is 17.9 Å². The number of aromatic carboxylic acids is 1. The van der Waals surface area contributed by atoms with Gasteiger partial charge in [-0.15, -0.1) is 5.10 Å². The fourth-order valence-electron chi connectivity index (χ4n) is 1.88. The van der Waals surface area contributed by atoms with E-state index in [-0.39, 0.29) is 17.9 Å². The average Bonchev–Trinajstić information content (AvgIpc) is 2.83. The molecule has 0 spiro atoms. The number of primary amides is 1. The van der Waals surface area contributed by atoms with Gasteiger partial charge < -0.3 is 15.6 Å². The quantitative estimate of drug-likeness (QED) is 0.800. The second kappa shape index (κ2) is 6.04. The summed E-state index contributed by atoms with van der Waals surface area (Å²) in [6.07, 6.45) is 0. The summed E-state index contributed by atoms with van der Waals surface area (Å²) >= 11 is 0. The summed E-state index contributed by atoms with van der Waals surface area (Å²) in [5.41, 5.74) is 5.67. The SMILES string of the molecule is CCOc1ccc(-c2c(C(=O)O)nnn2CC(N)=O)cc1. The maximum absolute atomic E-state index is 11.2. The third-order valence-corrected chi connectivity index (χ3v) is 2.68. The Bertz CT molecular complexity index is 663. The first-order valence-corrected chi connectivity index (χ1v) is 6.21. The zero-order chi connectivity index (χ0) is 15.4. The lowest BCUT2D eigenvalue weighted by molar-refractivity contribution is -0.118. The number of benzene rings is 1. The minimum atomic E-state index is -1.23. The molecule has 0 bridgehead atoms. The van der Waals surface area contributed by atoms with Gasteiger partial charge in [0.1, 0.15) is 18.0 Å². The first-order chi connectivity index (χ1) is 10.0. The number of carboxylic acid groups (broad SMARTS) is 1. The molecule has 1 aromatic heterocycles. The van der Waals surface area contributed by atoms with E-state index in [1.165, 1.54) is 4.68 Å². The van der Waals surface area contributed by atoms with Crippen LogP contribution < -0.4 is 10.5 Å². The standard InChI is InChI=1S/C13H14N4O4/c1-2-21-9-5-3-8(4-6-9)12-11(13(19)20)15-16-17(12)7-10(14)18/h3-6H,2,7H2,1H3,(H2,14,18)(H,19,20). The van der Waals surface area contributed by atoms with Gasteiger partial charge in [0.05, 0.1) is 6.61 Å². The van der Waals surface area contributed by atoms with Crippen molar-refractivity contribution >= 4 is 11.9 Å². The molecule has 0 saturated carbocycles. The van der Waals surface area contributed by atoms with Crippen molar-refractivity contribution in [2.45, 2.75) is 13.5 Å². The number of carbonyl (C=O) groups is 2. The molecule has 8 nitrogen and oxygen atoms in total. The van der Waals surface area contributed by atoms with Gasteiger partial charge in [-0.1, -0.05) is 5.21 Å². The van der Waals surface area contributed by atoms with E-state index in [2.05, 4.69) is 10.3 Å². The van der Waals surface area contributed by atoms with Crippen molar-refractivity contribution in [1.82, 2.24) is 15.0 Å². The van der Waals surface area contributed by atoms with Gasteiger partial charge in [0.2, 0.25) is 5.91 Å². The van der Waals surface area contributed by atoms with Crippen LogP contribution in [0.15, 0.2) is 24.3 Å². The molecule has 2 aromatic rings. The molecule has 0 atom stereocenters. The van der Waals surface area contributed by atoms with Gasteiger partial charge in [-0.05, 0) is 31.2 Å². The molecule has 0 radical (unpaired) electrons. The van der Waals surface area contributed by atoms with Crippen LogP contribution in [0.5, 0.6) is 5.75 Å². The summed E-state index contributed by atoms with van der Waals surface area (Å²) in [4.78, 5) is 22.2. The second-order valence-electron chi connectivity index (χ2n) is 4.17. The number of ether oxygens (including phenoxy) is 1. The molecule has 21 heavy (non-hydrogen) atoms. The number of nitrogens with two attached hydrogens (primary N) is 1. The van der Waals surface area contributed by atoms with E-state index in [0.717, 1.165) is 0 Å². The maximum atomic E-state index is 11.2. The summed E-state index contributed by atoms with van der Waals surface area (Å²) in [7, 11) is 0. The summed E-state index contributed by atoms with van der Waals surface area (Å²) < 4.78 is 6.49. The van der Waals surface area contributed by atoms with E-state index in [1.54, 1.807) is 24.3 Å². The van der Waals surface area contributed by atoms with Crippen molar-refractivity contribution in [3.05, 3.63) is 30.0 Å². The number of hydrogen-bond acceptors (Lipinski definition) is 5. The molecular weight excluding hydrogens is 276 g/mol. The lowest BCUT2D eigenvalue weighted by atomic mass is 10.1. The van der Waals surface area contributed by atoms with Crippen LogP contribution in [0.3, 0.4) is 0 Å². The number of carbonyl (C=O) groups excluding carboxylic acids is 1. The molecule has 0 unspecified atom stereocenters. The summed E-state index contributed by atoms with van der Waals surface area (Å²) in [6, 6.07) is 6.75. The van der Waals surface area contributed by atoms with E-state index in [4.69, 9.17) is 15.6 Å². The van der Waals surface area contributed by atoms with Crippen LogP contribution in [0.4, 0.5) is 0 Å². The van der Waals surface area contributed by atoms with Gasteiger partial charge in [-0.2, -0.15) is 0 Å². The predicted octanol–water partition coefficient (Wildman–Crippen LogP) is 0.527. The van der Waals surface area contributed by atoms with E-state index in [9.17, 15) is 9.59 Å². The monoisotopic (exact) mass is 290 g/mol. The summed E-state index contributed by atoms with van der Waals surface area (Å²) in [5, 5.41) is 16.4. The first kappa shape index (κ1) is 14.5. The van der Waals surface area contributed by atoms with Crippen molar-refractivity contribution in [2.24, 2.45) is 5.73 Å². The summed E-state index contributed by atoms with van der Waals surface area (Å²) in [6.45, 7) is 2.14. The van der Waals surface area contributed by atoms with E-state index in [1.807, 2.05) is 6.92 Å². The molecule has 0 aliphatic rings. The third-order valence-electron chi connectivity index (χ3n) is 2.68. The predicted molar refractivity (Wildman–Crippen MR) is 72.8 cm³/mol. The molecule has 0 fully saturated rings. The molecule has 0 saturated heterocycles. The fourth-order valence-corrected chi connectivity index (χ4v) is 1.88. The van der Waals surface area contributed by atoms with Gasteiger partial charge in [-0.3, -0.25) is 4.79 Å². The Morgan fingerprint density at radius 2 is 2.00 bits per heavy atom. The Balaban J connectivity index is 2.46. The van der Waals surface area contributed by atoms with Crippen molar-refractivity contribution < 1.29 is 19.4 Å². The molecule has 1 aromatic carbocycles. The number of rotatable bonds is 6. The number of hydrogen-bond donors (Lipinski definition) is 2. The van der Waals surface area contributed by atoms with Crippen LogP contribution in [0.25, 0.3) is 11.3 Å².